The number of nitrogens with one attached hydrogen (secondary N) is 1. The second-order valence-electron chi connectivity index (χ2n) is 6.38. The van der Waals surface area contributed by atoms with Crippen LogP contribution in [0.2, 0.25) is 0 Å². The molecule has 0 spiro atoms. The predicted octanol–water partition coefficient (Wildman–Crippen LogP) is 3.43. The van der Waals surface area contributed by atoms with Gasteiger partial charge in [-0.1, -0.05) is 36.8 Å². The van der Waals surface area contributed by atoms with Crippen LogP contribution in [0.25, 0.3) is 0 Å². The average molecular weight is 375 g/mol. The maximum atomic E-state index is 12.5. The van der Waals surface area contributed by atoms with Gasteiger partial charge in [-0.15, -0.1) is 0 Å². The van der Waals surface area contributed by atoms with E-state index in [1.807, 2.05) is 38.1 Å². The average Bonchev–Trinajstić information content (AvgIpc) is 2.60. The first-order valence-electron chi connectivity index (χ1n) is 8.54. The maximum absolute atomic E-state index is 12.5. The lowest BCUT2D eigenvalue weighted by Crippen LogP contribution is -2.38. The number of ether oxygens (including phenoxy) is 1. The number of hydrogen-bond acceptors (Lipinski definition) is 4. The normalized spacial score (nSPS) is 13.7. The molecular weight excluding hydrogens is 350 g/mol. The summed E-state index contributed by atoms with van der Waals surface area (Å²) in [5.41, 5.74) is 1.98. The third-order valence-electron chi connectivity index (χ3n) is 4.14. The van der Waals surface area contributed by atoms with Gasteiger partial charge in [0, 0.05) is 6.26 Å². The minimum absolute atomic E-state index is 0.208. The van der Waals surface area contributed by atoms with Gasteiger partial charge in [-0.25, -0.2) is 8.42 Å². The van der Waals surface area contributed by atoms with E-state index in [2.05, 4.69) is 5.32 Å². The molecule has 5 nitrogen and oxygen atoms in total. The molecule has 2 atom stereocenters. The van der Waals surface area contributed by atoms with Crippen molar-refractivity contribution in [3.8, 4) is 5.75 Å². The van der Waals surface area contributed by atoms with Crippen molar-refractivity contribution in [2.24, 2.45) is 0 Å². The summed E-state index contributed by atoms with van der Waals surface area (Å²) in [6.45, 7) is 5.65. The monoisotopic (exact) mass is 375 g/mol. The van der Waals surface area contributed by atoms with Crippen molar-refractivity contribution in [1.29, 1.82) is 0 Å². The van der Waals surface area contributed by atoms with Crippen molar-refractivity contribution in [3.05, 3.63) is 59.7 Å². The summed E-state index contributed by atoms with van der Waals surface area (Å²) in [6.07, 6.45) is 1.22. The summed E-state index contributed by atoms with van der Waals surface area (Å²) in [6, 6.07) is 13.9. The Balaban J connectivity index is 2.04. The molecule has 26 heavy (non-hydrogen) atoms. The van der Waals surface area contributed by atoms with Gasteiger partial charge in [0.05, 0.1) is 10.9 Å². The van der Waals surface area contributed by atoms with E-state index in [4.69, 9.17) is 4.74 Å². The summed E-state index contributed by atoms with van der Waals surface area (Å²) in [5.74, 6) is 0.424. The minimum atomic E-state index is -3.23. The molecule has 0 aliphatic carbocycles. The van der Waals surface area contributed by atoms with Gasteiger partial charge in [-0.2, -0.15) is 0 Å². The lowest BCUT2D eigenvalue weighted by atomic mass is 10.0. The molecule has 0 bridgehead atoms. The minimum Gasteiger partial charge on any atom is -0.481 e. The Bertz CT molecular complexity index is 842. The van der Waals surface area contributed by atoms with Crippen LogP contribution < -0.4 is 10.1 Å². The first kappa shape index (κ1) is 20.0. The Kier molecular flexibility index (Phi) is 6.42. The van der Waals surface area contributed by atoms with E-state index in [1.165, 1.54) is 6.26 Å². The molecule has 0 aliphatic heterocycles. The number of rotatable bonds is 7. The first-order chi connectivity index (χ1) is 12.2. The van der Waals surface area contributed by atoms with Gasteiger partial charge in [0.15, 0.2) is 15.9 Å². The van der Waals surface area contributed by atoms with Crippen LogP contribution in [0.4, 0.5) is 0 Å². The summed E-state index contributed by atoms with van der Waals surface area (Å²) in [4.78, 5) is 12.7. The fraction of sp³-hybridized carbons (Fsp3) is 0.350. The molecule has 140 valence electrons. The summed E-state index contributed by atoms with van der Waals surface area (Å²) < 4.78 is 28.8. The molecule has 0 radical (unpaired) electrons. The molecule has 2 unspecified atom stereocenters. The summed E-state index contributed by atoms with van der Waals surface area (Å²) in [5, 5.41) is 2.96. The zero-order valence-corrected chi connectivity index (χ0v) is 16.3. The van der Waals surface area contributed by atoms with Crippen LogP contribution in [-0.2, 0) is 14.6 Å². The molecule has 0 aromatic heterocycles. The lowest BCUT2D eigenvalue weighted by Gasteiger charge is -2.21. The molecule has 0 saturated carbocycles. The molecule has 2 aromatic rings. The number of aryl methyl sites for hydroxylation is 1. The molecule has 0 saturated heterocycles. The number of amides is 1. The van der Waals surface area contributed by atoms with E-state index in [1.54, 1.807) is 31.2 Å². The number of carbonyl (C=O) groups is 1. The molecule has 1 N–H and O–H groups in total. The lowest BCUT2D eigenvalue weighted by molar-refractivity contribution is -0.128. The highest BCUT2D eigenvalue weighted by atomic mass is 32.2. The number of carbonyl (C=O) groups excluding carboxylic acids is 1. The fourth-order valence-electron chi connectivity index (χ4n) is 2.53. The number of benzene rings is 2. The highest BCUT2D eigenvalue weighted by Gasteiger charge is 2.19. The molecule has 6 heteroatoms. The third-order valence-corrected chi connectivity index (χ3v) is 5.27. The van der Waals surface area contributed by atoms with Crippen LogP contribution in [0.5, 0.6) is 5.75 Å². The largest absolute Gasteiger partial charge is 0.481 e. The maximum Gasteiger partial charge on any atom is 0.261 e. The van der Waals surface area contributed by atoms with E-state index in [0.29, 0.717) is 12.2 Å². The SMILES string of the molecule is CCC(NC(=O)C(C)Oc1ccc(C)cc1)c1ccc(S(C)(=O)=O)cc1. The first-order valence-corrected chi connectivity index (χ1v) is 10.4. The highest BCUT2D eigenvalue weighted by molar-refractivity contribution is 7.90. The van der Waals surface area contributed by atoms with Gasteiger partial charge < -0.3 is 10.1 Å². The van der Waals surface area contributed by atoms with Gasteiger partial charge in [0.2, 0.25) is 0 Å². The van der Waals surface area contributed by atoms with Crippen molar-refractivity contribution in [2.75, 3.05) is 6.26 Å². The van der Waals surface area contributed by atoms with Crippen molar-refractivity contribution in [1.82, 2.24) is 5.32 Å². The van der Waals surface area contributed by atoms with E-state index < -0.39 is 15.9 Å². The van der Waals surface area contributed by atoms with Gasteiger partial charge in [-0.3, -0.25) is 4.79 Å². The Morgan fingerprint density at radius 1 is 1.08 bits per heavy atom. The Labute approximate surface area is 155 Å². The molecule has 0 fully saturated rings. The zero-order valence-electron chi connectivity index (χ0n) is 15.5. The number of hydrogen-bond donors (Lipinski definition) is 1. The van der Waals surface area contributed by atoms with Crippen LogP contribution in [0.1, 0.15) is 37.4 Å². The third kappa shape index (κ3) is 5.33. The van der Waals surface area contributed by atoms with E-state index in [0.717, 1.165) is 11.1 Å². The fourth-order valence-corrected chi connectivity index (χ4v) is 3.16. The molecule has 0 heterocycles. The molecule has 0 aliphatic rings. The van der Waals surface area contributed by atoms with Gasteiger partial charge in [-0.05, 0) is 50.1 Å². The smallest absolute Gasteiger partial charge is 0.261 e. The van der Waals surface area contributed by atoms with E-state index in [-0.39, 0.29) is 16.8 Å². The van der Waals surface area contributed by atoms with E-state index in [9.17, 15) is 13.2 Å². The van der Waals surface area contributed by atoms with Crippen LogP contribution >= 0.6 is 0 Å². The van der Waals surface area contributed by atoms with Crippen LogP contribution in [-0.4, -0.2) is 26.7 Å². The van der Waals surface area contributed by atoms with Gasteiger partial charge in [0.25, 0.3) is 5.91 Å². The second kappa shape index (κ2) is 8.36. The topological polar surface area (TPSA) is 72.5 Å². The van der Waals surface area contributed by atoms with Crippen LogP contribution in [0, 0.1) is 6.92 Å². The zero-order chi connectivity index (χ0) is 19.3. The Morgan fingerprint density at radius 3 is 2.15 bits per heavy atom. The van der Waals surface area contributed by atoms with Crippen molar-refractivity contribution >= 4 is 15.7 Å². The summed E-state index contributed by atoms with van der Waals surface area (Å²) >= 11 is 0. The van der Waals surface area contributed by atoms with E-state index >= 15 is 0 Å². The number of sulfone groups is 1. The van der Waals surface area contributed by atoms with Crippen LogP contribution in [0.3, 0.4) is 0 Å². The quantitative estimate of drug-likeness (QED) is 0.805. The Hall–Kier alpha value is -2.34. The second-order valence-corrected chi connectivity index (χ2v) is 8.40. The standard InChI is InChI=1S/C20H25NO4S/c1-5-19(16-8-12-18(13-9-16)26(4,23)24)21-20(22)15(3)25-17-10-6-14(2)7-11-17/h6-13,15,19H,5H2,1-4H3,(H,21,22). The summed E-state index contributed by atoms with van der Waals surface area (Å²) in [7, 11) is -3.23. The van der Waals surface area contributed by atoms with Gasteiger partial charge >= 0.3 is 0 Å². The molecule has 2 aromatic carbocycles. The predicted molar refractivity (Wildman–Crippen MR) is 102 cm³/mol. The highest BCUT2D eigenvalue weighted by Crippen LogP contribution is 2.20. The van der Waals surface area contributed by atoms with Gasteiger partial charge in [0.1, 0.15) is 5.75 Å². The van der Waals surface area contributed by atoms with Crippen LogP contribution in [0.15, 0.2) is 53.4 Å². The molecule has 2 rings (SSSR count). The van der Waals surface area contributed by atoms with Crippen molar-refractivity contribution < 1.29 is 17.9 Å². The van der Waals surface area contributed by atoms with Crippen molar-refractivity contribution in [3.63, 3.8) is 0 Å². The molecular formula is C20H25NO4S. The Morgan fingerprint density at radius 2 is 1.65 bits per heavy atom. The molecule has 1 amide bonds. The van der Waals surface area contributed by atoms with Crippen molar-refractivity contribution in [2.45, 2.75) is 44.2 Å².